The van der Waals surface area contributed by atoms with Crippen LogP contribution in [0.3, 0.4) is 0 Å². The smallest absolute Gasteiger partial charge is 0.335 e. The number of carbonyl (C=O) groups is 1. The molecule has 0 unspecified atom stereocenters. The molecule has 2 rings (SSSR count). The topological polar surface area (TPSA) is 37.3 Å². The third-order valence-electron chi connectivity index (χ3n) is 2.63. The molecule has 0 aromatic heterocycles. The van der Waals surface area contributed by atoms with E-state index in [0.717, 1.165) is 11.6 Å². The van der Waals surface area contributed by atoms with Gasteiger partial charge in [-0.1, -0.05) is 23.7 Å². The SMILES string of the molecule is Cc1ccc(-c2cc(C(=O)O)ccc2F)c(Cl)c1. The molecule has 0 heterocycles. The summed E-state index contributed by atoms with van der Waals surface area (Å²) in [6.45, 7) is 1.87. The zero-order valence-electron chi connectivity index (χ0n) is 9.58. The van der Waals surface area contributed by atoms with Crippen molar-refractivity contribution in [2.24, 2.45) is 0 Å². The Morgan fingerprint density at radius 3 is 2.50 bits per heavy atom. The lowest BCUT2D eigenvalue weighted by Crippen LogP contribution is -1.98. The Balaban J connectivity index is 2.62. The molecule has 0 spiro atoms. The molecule has 0 atom stereocenters. The molecule has 92 valence electrons. The lowest BCUT2D eigenvalue weighted by Gasteiger charge is -2.08. The Kier molecular flexibility index (Phi) is 3.34. The Morgan fingerprint density at radius 2 is 1.89 bits per heavy atom. The van der Waals surface area contributed by atoms with Crippen LogP contribution in [0.1, 0.15) is 15.9 Å². The van der Waals surface area contributed by atoms with E-state index >= 15 is 0 Å². The molecule has 0 saturated heterocycles. The van der Waals surface area contributed by atoms with Gasteiger partial charge in [0, 0.05) is 16.1 Å². The first kappa shape index (κ1) is 12.6. The minimum Gasteiger partial charge on any atom is -0.478 e. The molecule has 18 heavy (non-hydrogen) atoms. The summed E-state index contributed by atoms with van der Waals surface area (Å²) in [7, 11) is 0. The summed E-state index contributed by atoms with van der Waals surface area (Å²) >= 11 is 6.05. The maximum absolute atomic E-state index is 13.7. The van der Waals surface area contributed by atoms with Crippen LogP contribution < -0.4 is 0 Å². The second-order valence-electron chi connectivity index (χ2n) is 3.98. The third-order valence-corrected chi connectivity index (χ3v) is 2.94. The van der Waals surface area contributed by atoms with Gasteiger partial charge in [0.25, 0.3) is 0 Å². The quantitative estimate of drug-likeness (QED) is 0.885. The van der Waals surface area contributed by atoms with Crippen molar-refractivity contribution in [2.45, 2.75) is 6.92 Å². The fourth-order valence-corrected chi connectivity index (χ4v) is 2.04. The van der Waals surface area contributed by atoms with Crippen molar-refractivity contribution < 1.29 is 14.3 Å². The van der Waals surface area contributed by atoms with Crippen LogP contribution in [-0.4, -0.2) is 11.1 Å². The van der Waals surface area contributed by atoms with Gasteiger partial charge in [0.05, 0.1) is 5.56 Å². The average molecular weight is 265 g/mol. The van der Waals surface area contributed by atoms with Crippen molar-refractivity contribution in [3.63, 3.8) is 0 Å². The number of benzene rings is 2. The van der Waals surface area contributed by atoms with Crippen molar-refractivity contribution in [3.05, 3.63) is 58.4 Å². The largest absolute Gasteiger partial charge is 0.478 e. The van der Waals surface area contributed by atoms with Gasteiger partial charge in [0.2, 0.25) is 0 Å². The lowest BCUT2D eigenvalue weighted by molar-refractivity contribution is 0.0697. The summed E-state index contributed by atoms with van der Waals surface area (Å²) in [6.07, 6.45) is 0. The Morgan fingerprint density at radius 1 is 1.17 bits per heavy atom. The normalized spacial score (nSPS) is 10.4. The predicted octanol–water partition coefficient (Wildman–Crippen LogP) is 4.15. The number of hydrogen-bond donors (Lipinski definition) is 1. The van der Waals surface area contributed by atoms with Crippen molar-refractivity contribution in [3.8, 4) is 11.1 Å². The van der Waals surface area contributed by atoms with Gasteiger partial charge in [-0.15, -0.1) is 0 Å². The average Bonchev–Trinajstić information content (AvgIpc) is 2.30. The third kappa shape index (κ3) is 2.36. The summed E-state index contributed by atoms with van der Waals surface area (Å²) < 4.78 is 13.7. The van der Waals surface area contributed by atoms with E-state index in [1.165, 1.54) is 12.1 Å². The molecule has 0 aliphatic carbocycles. The van der Waals surface area contributed by atoms with Gasteiger partial charge < -0.3 is 5.11 Å². The van der Waals surface area contributed by atoms with E-state index < -0.39 is 11.8 Å². The van der Waals surface area contributed by atoms with Gasteiger partial charge in [-0.2, -0.15) is 0 Å². The van der Waals surface area contributed by atoms with Crippen LogP contribution >= 0.6 is 11.6 Å². The molecule has 0 aliphatic heterocycles. The van der Waals surface area contributed by atoms with Crippen molar-refractivity contribution in [1.29, 1.82) is 0 Å². The molecule has 0 radical (unpaired) electrons. The number of carboxylic acids is 1. The van der Waals surface area contributed by atoms with Crippen molar-refractivity contribution in [2.75, 3.05) is 0 Å². The van der Waals surface area contributed by atoms with Crippen LogP contribution in [0.2, 0.25) is 5.02 Å². The summed E-state index contributed by atoms with van der Waals surface area (Å²) in [6, 6.07) is 8.84. The molecule has 0 amide bonds. The molecule has 2 aromatic carbocycles. The summed E-state index contributed by atoms with van der Waals surface area (Å²) in [5.74, 6) is -1.59. The number of halogens is 2. The second-order valence-corrected chi connectivity index (χ2v) is 4.39. The Labute approximate surface area is 109 Å². The number of rotatable bonds is 2. The zero-order valence-corrected chi connectivity index (χ0v) is 10.3. The standard InChI is InChI=1S/C14H10ClFO2/c1-8-2-4-10(12(15)6-8)11-7-9(14(17)18)3-5-13(11)16/h2-7H,1H3,(H,17,18). The van der Waals surface area contributed by atoms with Crippen LogP contribution in [-0.2, 0) is 0 Å². The summed E-state index contributed by atoms with van der Waals surface area (Å²) in [5.41, 5.74) is 1.67. The maximum atomic E-state index is 13.7. The minimum absolute atomic E-state index is 0.0306. The van der Waals surface area contributed by atoms with Crippen molar-refractivity contribution >= 4 is 17.6 Å². The van der Waals surface area contributed by atoms with Crippen LogP contribution in [0.4, 0.5) is 4.39 Å². The molecule has 4 heteroatoms. The van der Waals surface area contributed by atoms with Gasteiger partial charge in [0.15, 0.2) is 0 Å². The fraction of sp³-hybridized carbons (Fsp3) is 0.0714. The number of hydrogen-bond acceptors (Lipinski definition) is 1. The highest BCUT2D eigenvalue weighted by Crippen LogP contribution is 2.31. The Hall–Kier alpha value is -1.87. The lowest BCUT2D eigenvalue weighted by atomic mass is 10.0. The van der Waals surface area contributed by atoms with Crippen molar-refractivity contribution in [1.82, 2.24) is 0 Å². The van der Waals surface area contributed by atoms with Gasteiger partial charge in [0.1, 0.15) is 5.82 Å². The first-order valence-electron chi connectivity index (χ1n) is 5.28. The highest BCUT2D eigenvalue weighted by Gasteiger charge is 2.12. The molecule has 2 aromatic rings. The molecule has 0 saturated carbocycles. The number of aryl methyl sites for hydroxylation is 1. The van der Waals surface area contributed by atoms with E-state index in [9.17, 15) is 9.18 Å². The van der Waals surface area contributed by atoms with E-state index in [-0.39, 0.29) is 11.1 Å². The summed E-state index contributed by atoms with van der Waals surface area (Å²) in [5, 5.41) is 9.30. The van der Waals surface area contributed by atoms with E-state index in [2.05, 4.69) is 0 Å². The second kappa shape index (κ2) is 4.78. The van der Waals surface area contributed by atoms with E-state index in [1.807, 2.05) is 6.92 Å². The van der Waals surface area contributed by atoms with Crippen LogP contribution in [0.25, 0.3) is 11.1 Å². The first-order valence-corrected chi connectivity index (χ1v) is 5.66. The molecule has 2 nitrogen and oxygen atoms in total. The van der Waals surface area contributed by atoms with E-state index in [1.54, 1.807) is 18.2 Å². The van der Waals surface area contributed by atoms with Gasteiger partial charge in [-0.05, 0) is 36.8 Å². The van der Waals surface area contributed by atoms with Crippen LogP contribution in [0.5, 0.6) is 0 Å². The molecule has 0 fully saturated rings. The van der Waals surface area contributed by atoms with Crippen LogP contribution in [0, 0.1) is 12.7 Å². The minimum atomic E-state index is -1.10. The van der Waals surface area contributed by atoms with Crippen LogP contribution in [0.15, 0.2) is 36.4 Å². The highest BCUT2D eigenvalue weighted by atomic mass is 35.5. The zero-order chi connectivity index (χ0) is 13.3. The number of aromatic carboxylic acids is 1. The van der Waals surface area contributed by atoms with Gasteiger partial charge >= 0.3 is 5.97 Å². The fourth-order valence-electron chi connectivity index (χ4n) is 1.70. The maximum Gasteiger partial charge on any atom is 0.335 e. The van der Waals surface area contributed by atoms with Gasteiger partial charge in [-0.25, -0.2) is 9.18 Å². The van der Waals surface area contributed by atoms with E-state index in [0.29, 0.717) is 10.6 Å². The highest BCUT2D eigenvalue weighted by molar-refractivity contribution is 6.33. The van der Waals surface area contributed by atoms with Gasteiger partial charge in [-0.3, -0.25) is 0 Å². The molecule has 0 aliphatic rings. The molecule has 0 bridgehead atoms. The first-order chi connectivity index (χ1) is 8.49. The Bertz CT molecular complexity index is 623. The monoisotopic (exact) mass is 264 g/mol. The predicted molar refractivity (Wildman–Crippen MR) is 68.5 cm³/mol. The van der Waals surface area contributed by atoms with E-state index in [4.69, 9.17) is 16.7 Å². The molecular formula is C14H10ClFO2. The summed E-state index contributed by atoms with van der Waals surface area (Å²) in [4.78, 5) is 10.9. The molecular weight excluding hydrogens is 255 g/mol. The number of carboxylic acid groups (broad SMARTS) is 1. The molecule has 1 N–H and O–H groups in total.